The number of hydrogen-bond donors (Lipinski definition) is 2. The second kappa shape index (κ2) is 8.65. The molecule has 2 amide bonds. The number of hydrogen-bond acceptors (Lipinski definition) is 3. The number of ether oxygens (including phenoxy) is 1. The fourth-order valence-corrected chi connectivity index (χ4v) is 1.80. The number of anilines is 1. The van der Waals surface area contributed by atoms with E-state index >= 15 is 0 Å². The quantitative estimate of drug-likeness (QED) is 0.822. The summed E-state index contributed by atoms with van der Waals surface area (Å²) in [4.78, 5) is 23.2. The van der Waals surface area contributed by atoms with Crippen LogP contribution in [0.2, 0.25) is 0 Å². The molecule has 6 heteroatoms. The summed E-state index contributed by atoms with van der Waals surface area (Å²) in [5.74, 6) is -1.16. The fourth-order valence-electron chi connectivity index (χ4n) is 1.80. The van der Waals surface area contributed by atoms with Crippen LogP contribution in [0.15, 0.2) is 54.6 Å². The van der Waals surface area contributed by atoms with Crippen molar-refractivity contribution in [1.82, 2.24) is 5.32 Å². The zero-order valence-electron chi connectivity index (χ0n) is 12.4. The van der Waals surface area contributed by atoms with Gasteiger partial charge in [0.2, 0.25) is 11.8 Å². The third-order valence-electron chi connectivity index (χ3n) is 2.92. The van der Waals surface area contributed by atoms with Crippen LogP contribution in [0.1, 0.15) is 5.56 Å². The first-order valence-corrected chi connectivity index (χ1v) is 7.07. The zero-order valence-corrected chi connectivity index (χ0v) is 12.4. The van der Waals surface area contributed by atoms with Gasteiger partial charge in [0.05, 0.1) is 13.2 Å². The molecule has 0 bridgehead atoms. The Morgan fingerprint density at radius 2 is 1.65 bits per heavy atom. The molecule has 0 saturated heterocycles. The van der Waals surface area contributed by atoms with Gasteiger partial charge in [0, 0.05) is 5.69 Å². The van der Waals surface area contributed by atoms with E-state index in [1.165, 1.54) is 24.3 Å². The topological polar surface area (TPSA) is 67.4 Å². The van der Waals surface area contributed by atoms with E-state index in [2.05, 4.69) is 10.6 Å². The maximum Gasteiger partial charge on any atom is 0.246 e. The molecule has 0 aliphatic carbocycles. The monoisotopic (exact) mass is 316 g/mol. The lowest BCUT2D eigenvalue weighted by Crippen LogP contribution is -2.35. The predicted molar refractivity (Wildman–Crippen MR) is 84.1 cm³/mol. The van der Waals surface area contributed by atoms with Gasteiger partial charge in [0.1, 0.15) is 12.4 Å². The SMILES string of the molecule is O=C(COCc1ccccc1)NCC(=O)Nc1ccc(F)cc1. The van der Waals surface area contributed by atoms with E-state index in [1.54, 1.807) is 0 Å². The van der Waals surface area contributed by atoms with Gasteiger partial charge in [-0.3, -0.25) is 9.59 Å². The van der Waals surface area contributed by atoms with E-state index in [9.17, 15) is 14.0 Å². The van der Waals surface area contributed by atoms with Gasteiger partial charge in [-0.05, 0) is 29.8 Å². The van der Waals surface area contributed by atoms with Crippen molar-refractivity contribution < 1.29 is 18.7 Å². The Morgan fingerprint density at radius 1 is 0.957 bits per heavy atom. The van der Waals surface area contributed by atoms with Crippen molar-refractivity contribution >= 4 is 17.5 Å². The molecule has 0 fully saturated rings. The van der Waals surface area contributed by atoms with Crippen LogP contribution in [-0.2, 0) is 20.9 Å². The summed E-state index contributed by atoms with van der Waals surface area (Å²) < 4.78 is 18.0. The van der Waals surface area contributed by atoms with Crippen LogP contribution in [0, 0.1) is 5.82 Å². The van der Waals surface area contributed by atoms with Crippen molar-refractivity contribution in [2.75, 3.05) is 18.5 Å². The molecule has 0 spiro atoms. The van der Waals surface area contributed by atoms with Crippen LogP contribution in [0.25, 0.3) is 0 Å². The number of nitrogens with one attached hydrogen (secondary N) is 2. The van der Waals surface area contributed by atoms with Gasteiger partial charge in [-0.2, -0.15) is 0 Å². The summed E-state index contributed by atoms with van der Waals surface area (Å²) in [5, 5.41) is 5.00. The molecule has 2 rings (SSSR count). The van der Waals surface area contributed by atoms with E-state index in [-0.39, 0.29) is 24.9 Å². The Kier molecular flexibility index (Phi) is 6.26. The number of rotatable bonds is 7. The maximum atomic E-state index is 12.7. The highest BCUT2D eigenvalue weighted by molar-refractivity contribution is 5.94. The van der Waals surface area contributed by atoms with Crippen molar-refractivity contribution in [1.29, 1.82) is 0 Å². The molecule has 0 unspecified atom stereocenters. The number of carbonyl (C=O) groups is 2. The fraction of sp³-hybridized carbons (Fsp3) is 0.176. The zero-order chi connectivity index (χ0) is 16.5. The van der Waals surface area contributed by atoms with Gasteiger partial charge < -0.3 is 15.4 Å². The van der Waals surface area contributed by atoms with E-state index in [1.807, 2.05) is 30.3 Å². The lowest BCUT2D eigenvalue weighted by Gasteiger charge is -2.07. The minimum absolute atomic E-state index is 0.126. The van der Waals surface area contributed by atoms with Gasteiger partial charge in [-0.1, -0.05) is 30.3 Å². The number of carbonyl (C=O) groups excluding carboxylic acids is 2. The molecule has 0 aliphatic heterocycles. The first-order valence-electron chi connectivity index (χ1n) is 7.07. The van der Waals surface area contributed by atoms with E-state index in [0.29, 0.717) is 12.3 Å². The second-order valence-corrected chi connectivity index (χ2v) is 4.81. The summed E-state index contributed by atoms with van der Waals surface area (Å²) in [6, 6.07) is 14.8. The van der Waals surface area contributed by atoms with Crippen LogP contribution in [0.5, 0.6) is 0 Å². The van der Waals surface area contributed by atoms with E-state index in [4.69, 9.17) is 4.74 Å². The summed E-state index contributed by atoms with van der Waals surface area (Å²) in [6.45, 7) is 0.0274. The first-order chi connectivity index (χ1) is 11.1. The molecule has 2 N–H and O–H groups in total. The highest BCUT2D eigenvalue weighted by Crippen LogP contribution is 2.07. The van der Waals surface area contributed by atoms with Crippen molar-refractivity contribution in [3.8, 4) is 0 Å². The minimum atomic E-state index is -0.395. The molecule has 0 aliphatic rings. The Morgan fingerprint density at radius 3 is 2.35 bits per heavy atom. The van der Waals surface area contributed by atoms with E-state index < -0.39 is 5.91 Å². The predicted octanol–water partition coefficient (Wildman–Crippen LogP) is 2.10. The molecule has 23 heavy (non-hydrogen) atoms. The third kappa shape index (κ3) is 6.27. The number of halogens is 1. The van der Waals surface area contributed by atoms with Gasteiger partial charge >= 0.3 is 0 Å². The molecule has 0 atom stereocenters. The Balaban J connectivity index is 1.63. The molecule has 0 saturated carbocycles. The molecule has 0 heterocycles. The molecular formula is C17H17FN2O3. The largest absolute Gasteiger partial charge is 0.367 e. The van der Waals surface area contributed by atoms with Crippen molar-refractivity contribution in [3.05, 3.63) is 66.0 Å². The van der Waals surface area contributed by atoms with Crippen LogP contribution < -0.4 is 10.6 Å². The molecule has 5 nitrogen and oxygen atoms in total. The van der Waals surface area contributed by atoms with Crippen LogP contribution >= 0.6 is 0 Å². The lowest BCUT2D eigenvalue weighted by atomic mass is 10.2. The molecular weight excluding hydrogens is 299 g/mol. The second-order valence-electron chi connectivity index (χ2n) is 4.81. The van der Waals surface area contributed by atoms with Crippen LogP contribution in [0.4, 0.5) is 10.1 Å². The minimum Gasteiger partial charge on any atom is -0.367 e. The molecule has 0 radical (unpaired) electrons. The number of benzene rings is 2. The number of amides is 2. The molecule has 2 aromatic rings. The summed E-state index contributed by atoms with van der Waals surface area (Å²) >= 11 is 0. The van der Waals surface area contributed by atoms with Crippen LogP contribution in [-0.4, -0.2) is 25.0 Å². The summed E-state index contributed by atoms with van der Waals surface area (Å²) in [6.07, 6.45) is 0. The lowest BCUT2D eigenvalue weighted by molar-refractivity contribution is -0.128. The Labute approximate surface area is 133 Å². The molecule has 120 valence electrons. The smallest absolute Gasteiger partial charge is 0.246 e. The Bertz CT molecular complexity index is 645. The summed E-state index contributed by atoms with van der Waals surface area (Å²) in [7, 11) is 0. The normalized spacial score (nSPS) is 10.1. The molecule has 0 aromatic heterocycles. The maximum absolute atomic E-state index is 12.7. The first kappa shape index (κ1) is 16.6. The van der Waals surface area contributed by atoms with Gasteiger partial charge in [0.25, 0.3) is 0 Å². The average Bonchev–Trinajstić information content (AvgIpc) is 2.56. The summed E-state index contributed by atoms with van der Waals surface area (Å²) in [5.41, 5.74) is 1.43. The van der Waals surface area contributed by atoms with Crippen molar-refractivity contribution in [2.45, 2.75) is 6.61 Å². The van der Waals surface area contributed by atoms with Crippen molar-refractivity contribution in [3.63, 3.8) is 0 Å². The van der Waals surface area contributed by atoms with Crippen molar-refractivity contribution in [2.24, 2.45) is 0 Å². The van der Waals surface area contributed by atoms with Gasteiger partial charge in [0.15, 0.2) is 0 Å². The molecule has 2 aromatic carbocycles. The Hall–Kier alpha value is -2.73. The standard InChI is InChI=1S/C17H17FN2O3/c18-14-6-8-15(9-7-14)20-16(21)10-19-17(22)12-23-11-13-4-2-1-3-5-13/h1-9H,10-12H2,(H,19,22)(H,20,21). The van der Waals surface area contributed by atoms with Crippen LogP contribution in [0.3, 0.4) is 0 Å². The van der Waals surface area contributed by atoms with Gasteiger partial charge in [-0.15, -0.1) is 0 Å². The van der Waals surface area contributed by atoms with E-state index in [0.717, 1.165) is 5.56 Å². The highest BCUT2D eigenvalue weighted by atomic mass is 19.1. The average molecular weight is 316 g/mol. The highest BCUT2D eigenvalue weighted by Gasteiger charge is 2.06. The third-order valence-corrected chi connectivity index (χ3v) is 2.92. The van der Waals surface area contributed by atoms with Gasteiger partial charge in [-0.25, -0.2) is 4.39 Å².